The molecule has 1 N–H and O–H groups in total. The first-order valence-electron chi connectivity index (χ1n) is 7.20. The lowest BCUT2D eigenvalue weighted by atomic mass is 10.2. The van der Waals surface area contributed by atoms with E-state index in [4.69, 9.17) is 4.74 Å². The molecule has 0 spiro atoms. The Hall–Kier alpha value is -1.40. The molecule has 1 atom stereocenters. The number of amides is 1. The van der Waals surface area contributed by atoms with Gasteiger partial charge >= 0.3 is 0 Å². The van der Waals surface area contributed by atoms with E-state index in [1.165, 1.54) is 0 Å². The third kappa shape index (κ3) is 5.47. The largest absolute Gasteiger partial charge is 0.368 e. The Bertz CT molecular complexity index is 550. The molecule has 0 radical (unpaired) electrons. The normalized spacial score (nSPS) is 18.6. The molecule has 0 unspecified atom stereocenters. The van der Waals surface area contributed by atoms with Gasteiger partial charge in [-0.25, -0.2) is 8.42 Å². The molecule has 1 aliphatic rings. The smallest absolute Gasteiger partial charge is 0.249 e. The number of hydrogen-bond donors (Lipinski definition) is 1. The maximum atomic E-state index is 11.9. The van der Waals surface area contributed by atoms with E-state index in [9.17, 15) is 13.2 Å². The van der Waals surface area contributed by atoms with E-state index in [2.05, 4.69) is 5.32 Å². The fourth-order valence-corrected chi connectivity index (χ4v) is 3.41. The molecule has 1 aliphatic heterocycles. The number of rotatable bonds is 7. The van der Waals surface area contributed by atoms with Crippen LogP contribution in [0.1, 0.15) is 18.4 Å². The van der Waals surface area contributed by atoms with Crippen molar-refractivity contribution in [2.24, 2.45) is 0 Å². The second-order valence-electron chi connectivity index (χ2n) is 5.18. The van der Waals surface area contributed by atoms with Gasteiger partial charge in [-0.05, 0) is 24.8 Å². The lowest BCUT2D eigenvalue weighted by Gasteiger charge is -2.10. The number of aryl methyl sites for hydroxylation is 1. The second kappa shape index (κ2) is 7.56. The molecule has 1 aromatic carbocycles. The Morgan fingerprint density at radius 2 is 2.00 bits per heavy atom. The number of carbonyl (C=O) groups excluding carboxylic acids is 1. The molecule has 0 aromatic heterocycles. The van der Waals surface area contributed by atoms with Crippen molar-refractivity contribution in [3.8, 4) is 0 Å². The fraction of sp³-hybridized carbons (Fsp3) is 0.533. The van der Waals surface area contributed by atoms with Gasteiger partial charge in [0.1, 0.15) is 6.10 Å². The molecule has 1 amide bonds. The Morgan fingerprint density at radius 1 is 1.24 bits per heavy atom. The molecule has 21 heavy (non-hydrogen) atoms. The first-order valence-corrected chi connectivity index (χ1v) is 9.03. The highest BCUT2D eigenvalue weighted by atomic mass is 32.2. The highest BCUT2D eigenvalue weighted by Crippen LogP contribution is 2.11. The Labute approximate surface area is 125 Å². The van der Waals surface area contributed by atoms with Crippen molar-refractivity contribution in [1.82, 2.24) is 5.32 Å². The van der Waals surface area contributed by atoms with Gasteiger partial charge < -0.3 is 10.1 Å². The predicted molar refractivity (Wildman–Crippen MR) is 80.8 cm³/mol. The summed E-state index contributed by atoms with van der Waals surface area (Å²) in [5.74, 6) is -0.128. The topological polar surface area (TPSA) is 72.5 Å². The molecule has 0 aliphatic carbocycles. The van der Waals surface area contributed by atoms with Crippen LogP contribution in [0.3, 0.4) is 0 Å². The molecular formula is C15H21NO4S. The number of ether oxygens (including phenoxy) is 1. The summed E-state index contributed by atoms with van der Waals surface area (Å²) in [7, 11) is -3.15. The van der Waals surface area contributed by atoms with Gasteiger partial charge in [-0.3, -0.25) is 4.79 Å². The zero-order valence-electron chi connectivity index (χ0n) is 12.0. The minimum absolute atomic E-state index is 0.0295. The maximum Gasteiger partial charge on any atom is 0.249 e. The molecule has 1 fully saturated rings. The third-order valence-electron chi connectivity index (χ3n) is 3.48. The van der Waals surface area contributed by atoms with E-state index in [0.717, 1.165) is 12.0 Å². The molecule has 116 valence electrons. The Kier molecular flexibility index (Phi) is 5.76. The molecule has 1 saturated heterocycles. The summed E-state index contributed by atoms with van der Waals surface area (Å²) in [6.45, 7) is 0.753. The fourth-order valence-electron chi connectivity index (χ4n) is 2.25. The van der Waals surface area contributed by atoms with E-state index in [1.54, 1.807) is 0 Å². The summed E-state index contributed by atoms with van der Waals surface area (Å²) in [5.41, 5.74) is 1.00. The Balaban J connectivity index is 1.70. The van der Waals surface area contributed by atoms with Gasteiger partial charge in [-0.15, -0.1) is 0 Å². The molecule has 0 bridgehead atoms. The van der Waals surface area contributed by atoms with Crippen LogP contribution in [-0.4, -0.2) is 45.1 Å². The average molecular weight is 311 g/mol. The van der Waals surface area contributed by atoms with Crippen LogP contribution >= 0.6 is 0 Å². The Morgan fingerprint density at radius 3 is 2.67 bits per heavy atom. The van der Waals surface area contributed by atoms with Crippen molar-refractivity contribution >= 4 is 15.7 Å². The van der Waals surface area contributed by atoms with Crippen molar-refractivity contribution in [2.75, 3.05) is 24.7 Å². The van der Waals surface area contributed by atoms with Gasteiger partial charge in [0, 0.05) is 13.2 Å². The summed E-state index contributed by atoms with van der Waals surface area (Å²) in [6.07, 6.45) is 1.69. The summed E-state index contributed by atoms with van der Waals surface area (Å²) < 4.78 is 29.1. The zero-order chi connectivity index (χ0) is 15.1. The van der Waals surface area contributed by atoms with Crippen LogP contribution in [0, 0.1) is 0 Å². The first-order chi connectivity index (χ1) is 10.1. The maximum absolute atomic E-state index is 11.9. The molecule has 5 nitrogen and oxygen atoms in total. The number of nitrogens with one attached hydrogen (secondary N) is 1. The van der Waals surface area contributed by atoms with Crippen molar-refractivity contribution in [2.45, 2.75) is 25.4 Å². The van der Waals surface area contributed by atoms with Crippen LogP contribution in [0.4, 0.5) is 0 Å². The zero-order valence-corrected chi connectivity index (χ0v) is 12.8. The third-order valence-corrected chi connectivity index (χ3v) is 5.13. The van der Waals surface area contributed by atoms with E-state index in [0.29, 0.717) is 19.4 Å². The lowest BCUT2D eigenvalue weighted by Crippen LogP contribution is -2.37. The highest BCUT2D eigenvalue weighted by Gasteiger charge is 2.23. The standard InChI is InChI=1S/C15H21NO4S/c17-15(14-7-4-10-20-14)16-9-12-21(18,19)11-8-13-5-2-1-3-6-13/h1-3,5-6,14H,4,7-12H2,(H,16,17)/t14-/m1/s1. The number of benzene rings is 1. The van der Waals surface area contributed by atoms with Gasteiger partial charge in [0.2, 0.25) is 5.91 Å². The second-order valence-corrected chi connectivity index (χ2v) is 7.48. The monoisotopic (exact) mass is 311 g/mol. The van der Waals surface area contributed by atoms with Crippen molar-refractivity contribution < 1.29 is 17.9 Å². The average Bonchev–Trinajstić information content (AvgIpc) is 3.00. The summed E-state index contributed by atoms with van der Waals surface area (Å²) in [4.78, 5) is 11.7. The van der Waals surface area contributed by atoms with Crippen LogP contribution in [0.25, 0.3) is 0 Å². The summed E-state index contributed by atoms with van der Waals surface area (Å²) in [6, 6.07) is 9.51. The minimum Gasteiger partial charge on any atom is -0.368 e. The van der Waals surface area contributed by atoms with Crippen molar-refractivity contribution in [3.63, 3.8) is 0 Å². The predicted octanol–water partition coefficient (Wildman–Crippen LogP) is 0.939. The van der Waals surface area contributed by atoms with Crippen molar-refractivity contribution in [3.05, 3.63) is 35.9 Å². The van der Waals surface area contributed by atoms with E-state index < -0.39 is 15.9 Å². The van der Waals surface area contributed by atoms with Crippen LogP contribution in [0.5, 0.6) is 0 Å². The molecule has 0 saturated carbocycles. The van der Waals surface area contributed by atoms with E-state index >= 15 is 0 Å². The SMILES string of the molecule is O=C(NCCS(=O)(=O)CCc1ccccc1)[C@H]1CCCO1. The van der Waals surface area contributed by atoms with Crippen LogP contribution in [0.2, 0.25) is 0 Å². The van der Waals surface area contributed by atoms with Crippen molar-refractivity contribution in [1.29, 1.82) is 0 Å². The van der Waals surface area contributed by atoms with E-state index in [1.807, 2.05) is 30.3 Å². The van der Waals surface area contributed by atoms with Gasteiger partial charge in [-0.2, -0.15) is 0 Å². The first kappa shape index (κ1) is 16.0. The number of carbonyl (C=O) groups is 1. The van der Waals surface area contributed by atoms with E-state index in [-0.39, 0.29) is 24.0 Å². The van der Waals surface area contributed by atoms with Gasteiger partial charge in [0.05, 0.1) is 11.5 Å². The van der Waals surface area contributed by atoms with Crippen LogP contribution in [-0.2, 0) is 25.8 Å². The lowest BCUT2D eigenvalue weighted by molar-refractivity contribution is -0.129. The highest BCUT2D eigenvalue weighted by molar-refractivity contribution is 7.91. The summed E-state index contributed by atoms with van der Waals surface area (Å²) >= 11 is 0. The quantitative estimate of drug-likeness (QED) is 0.813. The number of sulfone groups is 1. The van der Waals surface area contributed by atoms with Gasteiger partial charge in [0.15, 0.2) is 9.84 Å². The van der Waals surface area contributed by atoms with Crippen LogP contribution in [0.15, 0.2) is 30.3 Å². The molecule has 1 aromatic rings. The van der Waals surface area contributed by atoms with Crippen LogP contribution < -0.4 is 5.32 Å². The van der Waals surface area contributed by atoms with Gasteiger partial charge in [0.25, 0.3) is 0 Å². The minimum atomic E-state index is -3.15. The molecule has 6 heteroatoms. The molecule has 1 heterocycles. The molecule has 2 rings (SSSR count). The number of hydrogen-bond acceptors (Lipinski definition) is 4. The summed E-state index contributed by atoms with van der Waals surface area (Å²) in [5, 5.41) is 2.64. The van der Waals surface area contributed by atoms with Gasteiger partial charge in [-0.1, -0.05) is 30.3 Å². The molecular weight excluding hydrogens is 290 g/mol.